The Labute approximate surface area is 420 Å². The molecule has 0 aliphatic rings. The number of allylic oxidation sites excluding steroid dienone is 20. The predicted molar refractivity (Wildman–Crippen MR) is 297 cm³/mol. The Kier molecular flexibility index (Phi) is 54.5. The summed E-state index contributed by atoms with van der Waals surface area (Å²) < 4.78 is 17.4. The number of esters is 2. The molecule has 0 rings (SSSR count). The Morgan fingerprint density at radius 1 is 0.338 bits per heavy atom. The maximum absolute atomic E-state index is 12.9. The molecule has 0 amide bonds. The molecule has 0 heterocycles. The molecular formula is C63H104O5. The van der Waals surface area contributed by atoms with E-state index in [4.69, 9.17) is 14.2 Å². The number of ether oxygens (including phenoxy) is 3. The number of carbonyl (C=O) groups is 2. The topological polar surface area (TPSA) is 61.8 Å². The van der Waals surface area contributed by atoms with Crippen molar-refractivity contribution in [2.45, 2.75) is 245 Å². The van der Waals surface area contributed by atoms with Gasteiger partial charge in [0.1, 0.15) is 6.61 Å². The number of rotatable bonds is 50. The van der Waals surface area contributed by atoms with Gasteiger partial charge in [-0.15, -0.1) is 0 Å². The van der Waals surface area contributed by atoms with Gasteiger partial charge < -0.3 is 14.2 Å². The van der Waals surface area contributed by atoms with E-state index < -0.39 is 6.10 Å². The van der Waals surface area contributed by atoms with E-state index in [1.807, 2.05) is 6.08 Å². The lowest BCUT2D eigenvalue weighted by molar-refractivity contribution is -0.162. The van der Waals surface area contributed by atoms with E-state index >= 15 is 0 Å². The molecule has 386 valence electrons. The summed E-state index contributed by atoms with van der Waals surface area (Å²) in [7, 11) is 0. The zero-order chi connectivity index (χ0) is 49.2. The standard InChI is InChI=1S/C63H104O5/c1-4-7-10-13-16-19-22-25-28-31-32-34-35-38-41-44-47-50-53-56-62(64)67-60-61(59-66-58-55-52-49-46-43-40-37-30-27-24-21-18-15-12-9-6-3)68-63(65)57-54-51-48-45-42-39-36-33-29-26-23-20-17-14-11-8-5-2/h7,9-10,12,16,18-19,21,25,27-28,30,32,34,38,40-41,43,47,50,61H,4-6,8,11,13-15,17,20,22-24,26,29,31,33,35-37,39,42,44-46,48-49,51-60H2,1-3H3/b10-7-,12-9-,19-16-,21-18-,28-25-,30-27-,34-32-,41-38-,43-40-,50-47-. The summed E-state index contributed by atoms with van der Waals surface area (Å²) in [6, 6.07) is 0. The first-order valence-electron chi connectivity index (χ1n) is 28.1. The molecule has 0 aromatic heterocycles. The van der Waals surface area contributed by atoms with E-state index in [-0.39, 0.29) is 25.2 Å². The van der Waals surface area contributed by atoms with Crippen LogP contribution in [0.15, 0.2) is 122 Å². The maximum atomic E-state index is 12.9. The van der Waals surface area contributed by atoms with Crippen LogP contribution in [0.5, 0.6) is 0 Å². The lowest BCUT2D eigenvalue weighted by atomic mass is 10.0. The van der Waals surface area contributed by atoms with Gasteiger partial charge >= 0.3 is 11.9 Å². The van der Waals surface area contributed by atoms with Crippen LogP contribution < -0.4 is 0 Å². The molecule has 0 fully saturated rings. The normalized spacial score (nSPS) is 13.2. The van der Waals surface area contributed by atoms with Gasteiger partial charge in [0, 0.05) is 19.4 Å². The van der Waals surface area contributed by atoms with Crippen LogP contribution in [-0.2, 0) is 23.8 Å². The molecule has 0 bridgehead atoms. The Morgan fingerprint density at radius 2 is 0.691 bits per heavy atom. The fourth-order valence-electron chi connectivity index (χ4n) is 7.41. The SMILES string of the molecule is CC/C=C\C/C=C\C/C=C\C/C=C\C/C=C\C/C=C\CCC(=O)OCC(COCCCCC/C=C\C/C=C\C/C=C\C/C=C\CC)OC(=O)CCCCCCCCCCCCCCCCCCC. The summed E-state index contributed by atoms with van der Waals surface area (Å²) in [5.74, 6) is -0.513. The number of unbranched alkanes of at least 4 members (excludes halogenated alkanes) is 19. The van der Waals surface area contributed by atoms with Crippen molar-refractivity contribution in [2.24, 2.45) is 0 Å². The summed E-state index contributed by atoms with van der Waals surface area (Å²) in [6.07, 6.45) is 80.9. The molecule has 0 aliphatic carbocycles. The molecule has 0 aromatic rings. The average Bonchev–Trinajstić information content (AvgIpc) is 3.34. The van der Waals surface area contributed by atoms with Crippen molar-refractivity contribution in [3.8, 4) is 0 Å². The highest BCUT2D eigenvalue weighted by atomic mass is 16.6. The third-order valence-electron chi connectivity index (χ3n) is 11.5. The Morgan fingerprint density at radius 3 is 1.10 bits per heavy atom. The molecular weight excluding hydrogens is 837 g/mol. The largest absolute Gasteiger partial charge is 0.462 e. The molecule has 0 aliphatic heterocycles. The molecule has 5 heteroatoms. The zero-order valence-corrected chi connectivity index (χ0v) is 44.3. The Hall–Kier alpha value is -3.70. The van der Waals surface area contributed by atoms with Crippen molar-refractivity contribution >= 4 is 11.9 Å². The fourth-order valence-corrected chi connectivity index (χ4v) is 7.41. The monoisotopic (exact) mass is 941 g/mol. The minimum Gasteiger partial charge on any atom is -0.462 e. The van der Waals surface area contributed by atoms with Gasteiger partial charge in [-0.3, -0.25) is 9.59 Å². The first kappa shape index (κ1) is 64.3. The molecule has 0 saturated heterocycles. The van der Waals surface area contributed by atoms with Gasteiger partial charge in [-0.2, -0.15) is 0 Å². The fraction of sp³-hybridized carbons (Fsp3) is 0.651. The van der Waals surface area contributed by atoms with Crippen LogP contribution in [-0.4, -0.2) is 37.9 Å². The predicted octanol–water partition coefficient (Wildman–Crippen LogP) is 19.3. The van der Waals surface area contributed by atoms with E-state index in [2.05, 4.69) is 136 Å². The highest BCUT2D eigenvalue weighted by Crippen LogP contribution is 2.15. The van der Waals surface area contributed by atoms with Gasteiger partial charge in [-0.1, -0.05) is 251 Å². The molecule has 0 radical (unpaired) electrons. The van der Waals surface area contributed by atoms with Crippen LogP contribution in [0.1, 0.15) is 239 Å². The first-order chi connectivity index (χ1) is 33.6. The molecule has 1 atom stereocenters. The van der Waals surface area contributed by atoms with Crippen molar-refractivity contribution < 1.29 is 23.8 Å². The lowest BCUT2D eigenvalue weighted by Crippen LogP contribution is -2.30. The van der Waals surface area contributed by atoms with Crippen molar-refractivity contribution in [3.05, 3.63) is 122 Å². The van der Waals surface area contributed by atoms with Gasteiger partial charge in [-0.25, -0.2) is 0 Å². The van der Waals surface area contributed by atoms with E-state index in [1.54, 1.807) is 0 Å². The minimum absolute atomic E-state index is 0.0270. The summed E-state index contributed by atoms with van der Waals surface area (Å²) >= 11 is 0. The highest BCUT2D eigenvalue weighted by molar-refractivity contribution is 5.70. The first-order valence-corrected chi connectivity index (χ1v) is 28.1. The number of hydrogen-bond donors (Lipinski definition) is 0. The smallest absolute Gasteiger partial charge is 0.306 e. The number of carbonyl (C=O) groups excluding carboxylic acids is 2. The van der Waals surface area contributed by atoms with Crippen LogP contribution in [0.4, 0.5) is 0 Å². The average molecular weight is 942 g/mol. The third kappa shape index (κ3) is 54.9. The van der Waals surface area contributed by atoms with Crippen LogP contribution in [0.25, 0.3) is 0 Å². The van der Waals surface area contributed by atoms with E-state index in [0.717, 1.165) is 109 Å². The Balaban J connectivity index is 4.45. The van der Waals surface area contributed by atoms with E-state index in [1.165, 1.54) is 89.9 Å². The maximum Gasteiger partial charge on any atom is 0.306 e. The van der Waals surface area contributed by atoms with Gasteiger partial charge in [0.25, 0.3) is 0 Å². The van der Waals surface area contributed by atoms with Crippen LogP contribution >= 0.6 is 0 Å². The van der Waals surface area contributed by atoms with Crippen molar-refractivity contribution in [1.82, 2.24) is 0 Å². The Bertz CT molecular complexity index is 1390. The minimum atomic E-state index is -0.590. The summed E-state index contributed by atoms with van der Waals surface area (Å²) in [5.41, 5.74) is 0. The van der Waals surface area contributed by atoms with E-state index in [9.17, 15) is 9.59 Å². The molecule has 0 N–H and O–H groups in total. The molecule has 5 nitrogen and oxygen atoms in total. The summed E-state index contributed by atoms with van der Waals surface area (Å²) in [6.45, 7) is 7.46. The molecule has 1 unspecified atom stereocenters. The zero-order valence-electron chi connectivity index (χ0n) is 44.3. The van der Waals surface area contributed by atoms with E-state index in [0.29, 0.717) is 25.9 Å². The molecule has 0 spiro atoms. The summed E-state index contributed by atoms with van der Waals surface area (Å²) in [5, 5.41) is 0. The van der Waals surface area contributed by atoms with Gasteiger partial charge in [0.05, 0.1) is 6.61 Å². The lowest BCUT2D eigenvalue weighted by Gasteiger charge is -2.18. The molecule has 0 saturated carbocycles. The quantitative estimate of drug-likeness (QED) is 0.0345. The van der Waals surface area contributed by atoms with Gasteiger partial charge in [0.2, 0.25) is 0 Å². The molecule has 0 aromatic carbocycles. The highest BCUT2D eigenvalue weighted by Gasteiger charge is 2.17. The second-order valence-corrected chi connectivity index (χ2v) is 18.1. The van der Waals surface area contributed by atoms with Crippen molar-refractivity contribution in [1.29, 1.82) is 0 Å². The second-order valence-electron chi connectivity index (χ2n) is 18.1. The van der Waals surface area contributed by atoms with Crippen molar-refractivity contribution in [2.75, 3.05) is 19.8 Å². The molecule has 68 heavy (non-hydrogen) atoms. The third-order valence-corrected chi connectivity index (χ3v) is 11.5. The van der Waals surface area contributed by atoms with Crippen LogP contribution in [0.2, 0.25) is 0 Å². The second kappa shape index (κ2) is 57.6. The van der Waals surface area contributed by atoms with Gasteiger partial charge in [-0.05, 0) is 96.3 Å². The van der Waals surface area contributed by atoms with Crippen molar-refractivity contribution in [3.63, 3.8) is 0 Å². The number of hydrogen-bond acceptors (Lipinski definition) is 5. The van der Waals surface area contributed by atoms with Crippen LogP contribution in [0, 0.1) is 0 Å². The summed E-state index contributed by atoms with van der Waals surface area (Å²) in [4.78, 5) is 25.5. The van der Waals surface area contributed by atoms with Gasteiger partial charge in [0.15, 0.2) is 6.10 Å². The van der Waals surface area contributed by atoms with Crippen LogP contribution in [0.3, 0.4) is 0 Å².